The minimum absolute atomic E-state index is 1.29. The van der Waals surface area contributed by atoms with Crippen molar-refractivity contribution in [1.82, 2.24) is 0 Å². The van der Waals surface area contributed by atoms with Crippen LogP contribution in [0.25, 0.3) is 52.8 Å². The molecule has 0 nitrogen and oxygen atoms in total. The van der Waals surface area contributed by atoms with Gasteiger partial charge in [-0.3, -0.25) is 0 Å². The molecule has 6 aromatic rings. The zero-order valence-corrected chi connectivity index (χ0v) is 15.5. The Bertz CT molecular complexity index is 1440. The second-order valence-electron chi connectivity index (χ2n) is 7.04. The predicted octanol–water partition coefficient (Wildman–Crippen LogP) is 8.03. The third-order valence-corrected chi connectivity index (χ3v) is 6.57. The van der Waals surface area contributed by atoms with Crippen molar-refractivity contribution in [3.05, 3.63) is 97.1 Å². The van der Waals surface area contributed by atoms with Gasteiger partial charge in [0.1, 0.15) is 0 Å². The number of fused-ring (bicyclic) bond motifs is 5. The summed E-state index contributed by atoms with van der Waals surface area (Å²) in [6.45, 7) is 0. The highest BCUT2D eigenvalue weighted by Gasteiger charge is 2.12. The zero-order chi connectivity index (χ0) is 17.8. The minimum Gasteiger partial charge on any atom is -0.135 e. The highest BCUT2D eigenvalue weighted by molar-refractivity contribution is 7.22. The van der Waals surface area contributed by atoms with Gasteiger partial charge in [-0.1, -0.05) is 66.7 Å². The third kappa shape index (κ3) is 2.29. The summed E-state index contributed by atoms with van der Waals surface area (Å²) >= 11 is 1.88. The molecule has 5 aromatic carbocycles. The van der Waals surface area contributed by atoms with Gasteiger partial charge in [-0.05, 0) is 68.0 Å². The van der Waals surface area contributed by atoms with E-state index in [0.29, 0.717) is 0 Å². The predicted molar refractivity (Wildman–Crippen MR) is 120 cm³/mol. The lowest BCUT2D eigenvalue weighted by Crippen LogP contribution is -1.84. The summed E-state index contributed by atoms with van der Waals surface area (Å²) in [5, 5.41) is 9.19. The number of rotatable bonds is 1. The van der Waals surface area contributed by atoms with Gasteiger partial charge in [0.25, 0.3) is 0 Å². The number of thiophene rings is 1. The summed E-state index contributed by atoms with van der Waals surface area (Å²) in [5.74, 6) is 0. The van der Waals surface area contributed by atoms with Crippen molar-refractivity contribution in [2.75, 3.05) is 0 Å². The summed E-state index contributed by atoms with van der Waals surface area (Å²) in [6, 6.07) is 35.4. The van der Waals surface area contributed by atoms with Gasteiger partial charge in [0, 0.05) is 15.1 Å². The third-order valence-electron chi connectivity index (χ3n) is 5.42. The van der Waals surface area contributed by atoms with Crippen molar-refractivity contribution in [3.8, 4) is 10.4 Å². The second-order valence-corrected chi connectivity index (χ2v) is 8.12. The molecule has 0 N–H and O–H groups in total. The molecule has 0 aliphatic carbocycles. The lowest BCUT2D eigenvalue weighted by Gasteiger charge is -2.11. The van der Waals surface area contributed by atoms with E-state index in [1.165, 1.54) is 52.8 Å². The van der Waals surface area contributed by atoms with Crippen LogP contribution in [0.3, 0.4) is 0 Å². The average molecular weight is 360 g/mol. The van der Waals surface area contributed by atoms with E-state index in [4.69, 9.17) is 0 Å². The minimum atomic E-state index is 1.29. The van der Waals surface area contributed by atoms with Gasteiger partial charge < -0.3 is 0 Å². The Morgan fingerprint density at radius 2 is 1.07 bits per heavy atom. The molecule has 0 saturated carbocycles. The Balaban J connectivity index is 1.80. The van der Waals surface area contributed by atoms with Crippen LogP contribution in [0.15, 0.2) is 97.1 Å². The van der Waals surface area contributed by atoms with Crippen LogP contribution < -0.4 is 0 Å². The van der Waals surface area contributed by atoms with Crippen LogP contribution in [0.2, 0.25) is 0 Å². The largest absolute Gasteiger partial charge is 0.135 e. The summed E-state index contributed by atoms with van der Waals surface area (Å²) < 4.78 is 1.34. The first-order valence-electron chi connectivity index (χ1n) is 9.20. The first kappa shape index (κ1) is 15.0. The van der Waals surface area contributed by atoms with Crippen molar-refractivity contribution in [3.63, 3.8) is 0 Å². The highest BCUT2D eigenvalue weighted by Crippen LogP contribution is 2.41. The molecule has 0 amide bonds. The van der Waals surface area contributed by atoms with Crippen molar-refractivity contribution in [2.24, 2.45) is 0 Å². The molecule has 1 heteroatoms. The van der Waals surface area contributed by atoms with E-state index >= 15 is 0 Å². The first-order chi connectivity index (χ1) is 13.4. The molecule has 27 heavy (non-hydrogen) atoms. The number of benzene rings is 5. The molecule has 6 rings (SSSR count). The molecule has 0 bridgehead atoms. The Morgan fingerprint density at radius 3 is 1.85 bits per heavy atom. The lowest BCUT2D eigenvalue weighted by molar-refractivity contribution is 1.76. The van der Waals surface area contributed by atoms with Crippen LogP contribution in [0.1, 0.15) is 0 Å². The molecule has 0 spiro atoms. The fraction of sp³-hybridized carbons (Fsp3) is 0. The smallest absolute Gasteiger partial charge is 0.0361 e. The molecular formula is C26H16S. The monoisotopic (exact) mass is 360 g/mol. The molecule has 0 aliphatic rings. The van der Waals surface area contributed by atoms with Gasteiger partial charge in [-0.25, -0.2) is 0 Å². The van der Waals surface area contributed by atoms with Crippen molar-refractivity contribution < 1.29 is 0 Å². The normalized spacial score (nSPS) is 11.7. The molecule has 1 aromatic heterocycles. The Hall–Kier alpha value is -3.16. The van der Waals surface area contributed by atoms with Gasteiger partial charge in [-0.2, -0.15) is 0 Å². The van der Waals surface area contributed by atoms with Gasteiger partial charge in [0.15, 0.2) is 0 Å². The van der Waals surface area contributed by atoms with Gasteiger partial charge in [-0.15, -0.1) is 11.3 Å². The van der Waals surface area contributed by atoms with Crippen LogP contribution in [0.4, 0.5) is 0 Å². The van der Waals surface area contributed by atoms with Crippen LogP contribution in [0, 0.1) is 0 Å². The van der Waals surface area contributed by atoms with E-state index in [1.807, 2.05) is 11.3 Å². The molecule has 0 fully saturated rings. The van der Waals surface area contributed by atoms with E-state index in [-0.39, 0.29) is 0 Å². The summed E-state index contributed by atoms with van der Waals surface area (Å²) in [6.07, 6.45) is 0. The van der Waals surface area contributed by atoms with Gasteiger partial charge >= 0.3 is 0 Å². The fourth-order valence-corrected chi connectivity index (χ4v) is 5.20. The first-order valence-corrected chi connectivity index (χ1v) is 10.0. The van der Waals surface area contributed by atoms with Gasteiger partial charge in [0.05, 0.1) is 0 Å². The topological polar surface area (TPSA) is 0 Å². The lowest BCUT2D eigenvalue weighted by atomic mass is 9.94. The summed E-state index contributed by atoms with van der Waals surface area (Å²) in [4.78, 5) is 1.34. The highest BCUT2D eigenvalue weighted by atomic mass is 32.1. The Kier molecular flexibility index (Phi) is 3.14. The quantitative estimate of drug-likeness (QED) is 0.206. The number of hydrogen-bond donors (Lipinski definition) is 0. The molecular weight excluding hydrogens is 344 g/mol. The van der Waals surface area contributed by atoms with E-state index in [0.717, 1.165) is 0 Å². The van der Waals surface area contributed by atoms with Crippen molar-refractivity contribution in [1.29, 1.82) is 0 Å². The molecule has 0 saturated heterocycles. The van der Waals surface area contributed by atoms with E-state index in [2.05, 4.69) is 97.1 Å². The molecule has 126 valence electrons. The van der Waals surface area contributed by atoms with Crippen molar-refractivity contribution >= 4 is 53.7 Å². The van der Waals surface area contributed by atoms with Crippen LogP contribution in [-0.2, 0) is 0 Å². The SMILES string of the molecule is c1ccc2cc3c(cc2c1)c(-c1cc2ccccc2s1)cc1ccccc13. The summed E-state index contributed by atoms with van der Waals surface area (Å²) in [5.41, 5.74) is 1.33. The maximum Gasteiger partial charge on any atom is 0.0361 e. The van der Waals surface area contributed by atoms with Crippen LogP contribution in [0.5, 0.6) is 0 Å². The van der Waals surface area contributed by atoms with Gasteiger partial charge in [0.2, 0.25) is 0 Å². The Labute approximate surface area is 161 Å². The molecule has 0 aliphatic heterocycles. The Morgan fingerprint density at radius 1 is 0.444 bits per heavy atom. The average Bonchev–Trinajstić information content (AvgIpc) is 3.16. The molecule has 0 unspecified atom stereocenters. The van der Waals surface area contributed by atoms with Crippen molar-refractivity contribution in [2.45, 2.75) is 0 Å². The fourth-order valence-electron chi connectivity index (χ4n) is 4.11. The number of hydrogen-bond acceptors (Lipinski definition) is 1. The second kappa shape index (κ2) is 5.67. The summed E-state index contributed by atoms with van der Waals surface area (Å²) in [7, 11) is 0. The maximum atomic E-state index is 2.36. The standard InChI is InChI=1S/C26H16S/c1-2-8-18-14-23-22(13-17(18)7-1)21-11-5-3-9-19(21)15-24(23)26-16-20-10-4-6-12-25(20)27-26/h1-16H. The zero-order valence-electron chi connectivity index (χ0n) is 14.6. The van der Waals surface area contributed by atoms with E-state index in [9.17, 15) is 0 Å². The maximum absolute atomic E-state index is 2.36. The molecule has 0 atom stereocenters. The molecule has 0 radical (unpaired) electrons. The van der Waals surface area contributed by atoms with Crippen LogP contribution >= 0.6 is 11.3 Å². The van der Waals surface area contributed by atoms with Crippen LogP contribution in [-0.4, -0.2) is 0 Å². The molecule has 1 heterocycles. The van der Waals surface area contributed by atoms with E-state index < -0.39 is 0 Å². The van der Waals surface area contributed by atoms with E-state index in [1.54, 1.807) is 0 Å².